The summed E-state index contributed by atoms with van der Waals surface area (Å²) in [5, 5.41) is 6.75. The summed E-state index contributed by atoms with van der Waals surface area (Å²) in [4.78, 5) is 13.9. The van der Waals surface area contributed by atoms with Gasteiger partial charge in [-0.2, -0.15) is 0 Å². The molecule has 1 fully saturated rings. The second kappa shape index (κ2) is 10.8. The lowest BCUT2D eigenvalue weighted by atomic mass is 9.88. The van der Waals surface area contributed by atoms with Crippen LogP contribution in [-0.4, -0.2) is 31.8 Å². The highest BCUT2D eigenvalue weighted by Gasteiger charge is 2.29. The van der Waals surface area contributed by atoms with Crippen LogP contribution >= 0.6 is 11.8 Å². The number of thioether (sulfide) groups is 1. The van der Waals surface area contributed by atoms with Crippen LogP contribution in [0.3, 0.4) is 0 Å². The van der Waals surface area contributed by atoms with E-state index >= 15 is 0 Å². The molecule has 0 aliphatic carbocycles. The van der Waals surface area contributed by atoms with Gasteiger partial charge in [-0.25, -0.2) is 0 Å². The molecule has 0 spiro atoms. The molecule has 0 radical (unpaired) electrons. The molecular weight excluding hydrogens is 432 g/mol. The van der Waals surface area contributed by atoms with Gasteiger partial charge in [-0.05, 0) is 68.5 Å². The number of carbonyl (C=O) groups is 1. The van der Waals surface area contributed by atoms with E-state index in [0.29, 0.717) is 5.92 Å². The molecule has 33 heavy (non-hydrogen) atoms. The van der Waals surface area contributed by atoms with Crippen LogP contribution in [0, 0.1) is 11.3 Å². The van der Waals surface area contributed by atoms with Crippen LogP contribution in [0.25, 0.3) is 0 Å². The molecule has 1 aliphatic rings. The average molecular weight is 471 g/mol. The minimum atomic E-state index is -0.464. The van der Waals surface area contributed by atoms with Gasteiger partial charge in [0.2, 0.25) is 5.91 Å². The standard InChI is InChI=1S/C27H38N2O3S/c1-26(2,3)25(30)29-24-15-22(33-18-19-7-9-21(31-6)10-8-19)11-12-23(24)28-17-20-13-14-32-27(4,5)16-20/h7-12,15,20,28H,13-14,16-18H2,1-6H3,(H,29,30). The highest BCUT2D eigenvalue weighted by Crippen LogP contribution is 2.33. The average Bonchev–Trinajstić information content (AvgIpc) is 2.76. The predicted molar refractivity (Wildman–Crippen MR) is 138 cm³/mol. The van der Waals surface area contributed by atoms with Gasteiger partial charge in [0, 0.05) is 29.2 Å². The topological polar surface area (TPSA) is 59.6 Å². The molecule has 0 bridgehead atoms. The normalized spacial score (nSPS) is 17.9. The van der Waals surface area contributed by atoms with E-state index in [4.69, 9.17) is 9.47 Å². The van der Waals surface area contributed by atoms with E-state index in [1.165, 1.54) is 5.56 Å². The van der Waals surface area contributed by atoms with E-state index in [1.54, 1.807) is 18.9 Å². The Balaban J connectivity index is 1.71. The zero-order chi connectivity index (χ0) is 24.1. The van der Waals surface area contributed by atoms with Crippen molar-refractivity contribution in [1.82, 2.24) is 0 Å². The summed E-state index contributed by atoms with van der Waals surface area (Å²) < 4.78 is 11.1. The molecule has 6 heteroatoms. The second-order valence-electron chi connectivity index (χ2n) is 10.4. The van der Waals surface area contributed by atoms with Crippen LogP contribution in [0.5, 0.6) is 5.75 Å². The Morgan fingerprint density at radius 2 is 1.88 bits per heavy atom. The number of methoxy groups -OCH3 is 1. The number of rotatable bonds is 8. The number of hydrogen-bond donors (Lipinski definition) is 2. The molecule has 1 atom stereocenters. The maximum absolute atomic E-state index is 12.8. The summed E-state index contributed by atoms with van der Waals surface area (Å²) >= 11 is 1.75. The van der Waals surface area contributed by atoms with E-state index in [9.17, 15) is 4.79 Å². The van der Waals surface area contributed by atoms with Gasteiger partial charge >= 0.3 is 0 Å². The first-order valence-corrected chi connectivity index (χ1v) is 12.6. The fourth-order valence-electron chi connectivity index (χ4n) is 3.86. The summed E-state index contributed by atoms with van der Waals surface area (Å²) in [6.07, 6.45) is 2.08. The van der Waals surface area contributed by atoms with E-state index < -0.39 is 5.41 Å². The highest BCUT2D eigenvalue weighted by molar-refractivity contribution is 7.98. The van der Waals surface area contributed by atoms with E-state index in [1.807, 2.05) is 32.9 Å². The van der Waals surface area contributed by atoms with Gasteiger partial charge in [-0.3, -0.25) is 4.79 Å². The molecule has 1 unspecified atom stereocenters. The molecular formula is C27H38N2O3S. The summed E-state index contributed by atoms with van der Waals surface area (Å²) in [5.74, 6) is 2.26. The molecule has 2 aromatic carbocycles. The van der Waals surface area contributed by atoms with Gasteiger partial charge in [-0.15, -0.1) is 11.8 Å². The van der Waals surface area contributed by atoms with Gasteiger partial charge in [0.1, 0.15) is 5.75 Å². The van der Waals surface area contributed by atoms with Gasteiger partial charge in [0.25, 0.3) is 0 Å². The maximum atomic E-state index is 12.8. The van der Waals surface area contributed by atoms with Crippen LogP contribution in [0.15, 0.2) is 47.4 Å². The Bertz CT molecular complexity index is 935. The number of nitrogens with one attached hydrogen (secondary N) is 2. The lowest BCUT2D eigenvalue weighted by Gasteiger charge is -2.35. The van der Waals surface area contributed by atoms with Crippen molar-refractivity contribution in [3.05, 3.63) is 48.0 Å². The largest absolute Gasteiger partial charge is 0.497 e. The quantitative estimate of drug-likeness (QED) is 0.426. The van der Waals surface area contributed by atoms with Crippen molar-refractivity contribution < 1.29 is 14.3 Å². The molecule has 2 N–H and O–H groups in total. The SMILES string of the molecule is COc1ccc(CSc2ccc(NCC3CCOC(C)(C)C3)c(NC(=O)C(C)(C)C)c2)cc1. The van der Waals surface area contributed by atoms with Crippen LogP contribution in [0.1, 0.15) is 53.0 Å². The monoisotopic (exact) mass is 470 g/mol. The molecule has 2 aromatic rings. The van der Waals surface area contributed by atoms with Crippen molar-refractivity contribution in [3.8, 4) is 5.75 Å². The van der Waals surface area contributed by atoms with Gasteiger partial charge in [0.05, 0.1) is 24.1 Å². The third-order valence-electron chi connectivity index (χ3n) is 5.87. The molecule has 5 nitrogen and oxygen atoms in total. The number of carbonyl (C=O) groups excluding carboxylic acids is 1. The van der Waals surface area contributed by atoms with Crippen LogP contribution in [0.2, 0.25) is 0 Å². The first-order chi connectivity index (χ1) is 15.6. The fourth-order valence-corrected chi connectivity index (χ4v) is 4.75. The molecule has 1 aliphatic heterocycles. The number of hydrogen-bond acceptors (Lipinski definition) is 5. The molecule has 1 amide bonds. The highest BCUT2D eigenvalue weighted by atomic mass is 32.2. The minimum absolute atomic E-state index is 0.00931. The zero-order valence-electron chi connectivity index (χ0n) is 20.8. The van der Waals surface area contributed by atoms with Crippen molar-refractivity contribution in [2.24, 2.45) is 11.3 Å². The van der Waals surface area contributed by atoms with Crippen molar-refractivity contribution in [1.29, 1.82) is 0 Å². The van der Waals surface area contributed by atoms with Crippen LogP contribution in [-0.2, 0) is 15.3 Å². The zero-order valence-corrected chi connectivity index (χ0v) is 21.6. The van der Waals surface area contributed by atoms with Gasteiger partial charge in [-0.1, -0.05) is 32.9 Å². The third-order valence-corrected chi connectivity index (χ3v) is 6.93. The lowest BCUT2D eigenvalue weighted by Crippen LogP contribution is -2.36. The van der Waals surface area contributed by atoms with Gasteiger partial charge in [0.15, 0.2) is 0 Å². The molecule has 0 aromatic heterocycles. The molecule has 1 heterocycles. The van der Waals surface area contributed by atoms with Crippen molar-refractivity contribution in [2.45, 2.75) is 63.7 Å². The fraction of sp³-hybridized carbons (Fsp3) is 0.519. The molecule has 1 saturated heterocycles. The predicted octanol–water partition coefficient (Wildman–Crippen LogP) is 6.59. The molecule has 3 rings (SSSR count). The molecule has 0 saturated carbocycles. The van der Waals surface area contributed by atoms with E-state index in [2.05, 4.69) is 54.8 Å². The maximum Gasteiger partial charge on any atom is 0.229 e. The van der Waals surface area contributed by atoms with Gasteiger partial charge < -0.3 is 20.1 Å². The number of anilines is 2. The summed E-state index contributed by atoms with van der Waals surface area (Å²) in [5.41, 5.74) is 2.49. The van der Waals surface area contributed by atoms with E-state index in [0.717, 1.165) is 53.8 Å². The Kier molecular flexibility index (Phi) is 8.35. The molecule has 180 valence electrons. The number of amides is 1. The Morgan fingerprint density at radius 3 is 2.52 bits per heavy atom. The minimum Gasteiger partial charge on any atom is -0.497 e. The lowest BCUT2D eigenvalue weighted by molar-refractivity contribution is -0.123. The Morgan fingerprint density at radius 1 is 1.15 bits per heavy atom. The smallest absolute Gasteiger partial charge is 0.229 e. The summed E-state index contributed by atoms with van der Waals surface area (Å²) in [6.45, 7) is 11.8. The Hall–Kier alpha value is -2.18. The second-order valence-corrected chi connectivity index (χ2v) is 11.4. The number of benzene rings is 2. The van der Waals surface area contributed by atoms with E-state index in [-0.39, 0.29) is 11.5 Å². The number of ether oxygens (including phenoxy) is 2. The van der Waals surface area contributed by atoms with Crippen LogP contribution in [0.4, 0.5) is 11.4 Å². The first kappa shape index (κ1) is 25.4. The summed E-state index contributed by atoms with van der Waals surface area (Å²) in [6, 6.07) is 14.4. The first-order valence-electron chi connectivity index (χ1n) is 11.6. The summed E-state index contributed by atoms with van der Waals surface area (Å²) in [7, 11) is 1.68. The van der Waals surface area contributed by atoms with Crippen LogP contribution < -0.4 is 15.4 Å². The van der Waals surface area contributed by atoms with Crippen molar-refractivity contribution in [3.63, 3.8) is 0 Å². The van der Waals surface area contributed by atoms with Crippen molar-refractivity contribution in [2.75, 3.05) is 30.9 Å². The third kappa shape index (κ3) is 7.68. The van der Waals surface area contributed by atoms with Crippen molar-refractivity contribution >= 4 is 29.0 Å². The Labute approximate surface area is 203 Å².